The SMILES string of the molecule is Cc1ccc(COC(=O)N(CCCF)CCCCNC(=O)c2cn[nH]c2)cc1. The van der Waals surface area contributed by atoms with Crippen molar-refractivity contribution in [2.45, 2.75) is 32.8 Å². The predicted molar refractivity (Wildman–Crippen MR) is 104 cm³/mol. The van der Waals surface area contributed by atoms with Gasteiger partial charge in [0.25, 0.3) is 5.91 Å². The van der Waals surface area contributed by atoms with E-state index in [1.807, 2.05) is 31.2 Å². The Labute approximate surface area is 164 Å². The van der Waals surface area contributed by atoms with Crippen LogP contribution in [0.1, 0.15) is 40.7 Å². The summed E-state index contributed by atoms with van der Waals surface area (Å²) in [5.74, 6) is -0.194. The fraction of sp³-hybridized carbons (Fsp3) is 0.450. The maximum absolute atomic E-state index is 12.5. The van der Waals surface area contributed by atoms with Crippen LogP contribution in [0, 0.1) is 6.92 Å². The molecule has 0 saturated carbocycles. The van der Waals surface area contributed by atoms with Crippen molar-refractivity contribution in [2.75, 3.05) is 26.3 Å². The van der Waals surface area contributed by atoms with Gasteiger partial charge in [-0.3, -0.25) is 14.3 Å². The maximum atomic E-state index is 12.5. The van der Waals surface area contributed by atoms with Crippen molar-refractivity contribution in [3.63, 3.8) is 0 Å². The van der Waals surface area contributed by atoms with Crippen LogP contribution in [0.15, 0.2) is 36.7 Å². The monoisotopic (exact) mass is 390 g/mol. The molecular weight excluding hydrogens is 363 g/mol. The van der Waals surface area contributed by atoms with E-state index in [9.17, 15) is 14.0 Å². The van der Waals surface area contributed by atoms with E-state index in [1.165, 1.54) is 17.3 Å². The third kappa shape index (κ3) is 7.38. The van der Waals surface area contributed by atoms with Gasteiger partial charge in [0.05, 0.1) is 18.4 Å². The lowest BCUT2D eigenvalue weighted by Crippen LogP contribution is -2.34. The van der Waals surface area contributed by atoms with Gasteiger partial charge in [0.15, 0.2) is 0 Å². The van der Waals surface area contributed by atoms with Gasteiger partial charge >= 0.3 is 6.09 Å². The molecule has 0 spiro atoms. The normalized spacial score (nSPS) is 10.5. The highest BCUT2D eigenvalue weighted by Crippen LogP contribution is 2.07. The summed E-state index contributed by atoms with van der Waals surface area (Å²) in [6.45, 7) is 2.94. The molecule has 2 N–H and O–H groups in total. The van der Waals surface area contributed by atoms with E-state index in [1.54, 1.807) is 0 Å². The van der Waals surface area contributed by atoms with Crippen molar-refractivity contribution in [3.05, 3.63) is 53.3 Å². The first-order valence-corrected chi connectivity index (χ1v) is 9.40. The smallest absolute Gasteiger partial charge is 0.410 e. The molecule has 2 rings (SSSR count). The van der Waals surface area contributed by atoms with Gasteiger partial charge in [-0.25, -0.2) is 4.79 Å². The minimum absolute atomic E-state index is 0.187. The van der Waals surface area contributed by atoms with E-state index >= 15 is 0 Å². The summed E-state index contributed by atoms with van der Waals surface area (Å²) in [7, 11) is 0. The molecule has 1 heterocycles. The number of aromatic nitrogens is 2. The van der Waals surface area contributed by atoms with Gasteiger partial charge in [-0.05, 0) is 31.7 Å². The van der Waals surface area contributed by atoms with E-state index < -0.39 is 12.8 Å². The van der Waals surface area contributed by atoms with E-state index in [2.05, 4.69) is 15.5 Å². The van der Waals surface area contributed by atoms with E-state index in [-0.39, 0.29) is 18.9 Å². The van der Waals surface area contributed by atoms with Crippen LogP contribution < -0.4 is 5.32 Å². The molecule has 2 amide bonds. The van der Waals surface area contributed by atoms with Crippen LogP contribution in [0.5, 0.6) is 0 Å². The largest absolute Gasteiger partial charge is 0.445 e. The van der Waals surface area contributed by atoms with Crippen molar-refractivity contribution < 1.29 is 18.7 Å². The second-order valence-corrected chi connectivity index (χ2v) is 6.52. The van der Waals surface area contributed by atoms with Gasteiger partial charge in [-0.15, -0.1) is 0 Å². The molecule has 0 unspecified atom stereocenters. The summed E-state index contributed by atoms with van der Waals surface area (Å²) in [5, 5.41) is 9.10. The van der Waals surface area contributed by atoms with E-state index in [0.29, 0.717) is 38.0 Å². The molecular formula is C20H27FN4O3. The van der Waals surface area contributed by atoms with Crippen LogP contribution in [0.4, 0.5) is 9.18 Å². The summed E-state index contributed by atoms with van der Waals surface area (Å²) < 4.78 is 17.9. The fourth-order valence-electron chi connectivity index (χ4n) is 2.57. The number of amides is 2. The highest BCUT2D eigenvalue weighted by Gasteiger charge is 2.14. The molecule has 152 valence electrons. The second-order valence-electron chi connectivity index (χ2n) is 6.52. The molecule has 0 aliphatic carbocycles. The zero-order valence-electron chi connectivity index (χ0n) is 16.1. The summed E-state index contributed by atoms with van der Waals surface area (Å²) >= 11 is 0. The Morgan fingerprint density at radius 1 is 1.18 bits per heavy atom. The highest BCUT2D eigenvalue weighted by molar-refractivity contribution is 5.93. The minimum Gasteiger partial charge on any atom is -0.445 e. The first-order chi connectivity index (χ1) is 13.6. The molecule has 1 aromatic heterocycles. The molecule has 0 fully saturated rings. The standard InChI is InChI=1S/C20H27FN4O3/c1-16-5-7-17(8-6-16)15-28-20(27)25(12-4-9-21)11-3-2-10-22-19(26)18-13-23-24-14-18/h5-8,13-14H,2-4,9-12,15H2,1H3,(H,22,26)(H,23,24). The molecule has 7 nitrogen and oxygen atoms in total. The molecule has 28 heavy (non-hydrogen) atoms. The Morgan fingerprint density at radius 3 is 2.61 bits per heavy atom. The van der Waals surface area contributed by atoms with Gasteiger partial charge < -0.3 is 15.0 Å². The molecule has 0 atom stereocenters. The number of halogens is 1. The molecule has 0 aliphatic heterocycles. The van der Waals surface area contributed by atoms with Crippen LogP contribution in [-0.2, 0) is 11.3 Å². The number of carbonyl (C=O) groups is 2. The number of aryl methyl sites for hydroxylation is 1. The van der Waals surface area contributed by atoms with Crippen molar-refractivity contribution in [1.82, 2.24) is 20.4 Å². The number of benzene rings is 1. The third-order valence-electron chi connectivity index (χ3n) is 4.20. The molecule has 2 aromatic rings. The molecule has 0 aliphatic rings. The summed E-state index contributed by atoms with van der Waals surface area (Å²) in [6.07, 6.45) is 4.18. The number of hydrogen-bond donors (Lipinski definition) is 2. The zero-order valence-corrected chi connectivity index (χ0v) is 16.1. The van der Waals surface area contributed by atoms with Crippen molar-refractivity contribution in [3.8, 4) is 0 Å². The number of rotatable bonds is 11. The van der Waals surface area contributed by atoms with Crippen LogP contribution >= 0.6 is 0 Å². The number of ether oxygens (including phenoxy) is 1. The first kappa shape index (κ1) is 21.4. The average molecular weight is 390 g/mol. The lowest BCUT2D eigenvalue weighted by Gasteiger charge is -2.21. The minimum atomic E-state index is -0.484. The second kappa shape index (κ2) is 11.7. The molecule has 8 heteroatoms. The highest BCUT2D eigenvalue weighted by atomic mass is 19.1. The van der Waals surface area contributed by atoms with E-state index in [4.69, 9.17) is 4.74 Å². The number of hydrogen-bond acceptors (Lipinski definition) is 4. The number of unbranched alkanes of at least 4 members (excludes halogenated alkanes) is 1. The van der Waals surface area contributed by atoms with Crippen molar-refractivity contribution in [2.24, 2.45) is 0 Å². The maximum Gasteiger partial charge on any atom is 0.410 e. The molecule has 0 saturated heterocycles. The summed E-state index contributed by atoms with van der Waals surface area (Å²) in [5.41, 5.74) is 2.52. The van der Waals surface area contributed by atoms with Gasteiger partial charge in [-0.2, -0.15) is 5.10 Å². The Hall–Kier alpha value is -2.90. The first-order valence-electron chi connectivity index (χ1n) is 9.40. The van der Waals surface area contributed by atoms with Crippen molar-refractivity contribution >= 4 is 12.0 Å². The number of H-pyrrole nitrogens is 1. The van der Waals surface area contributed by atoms with Crippen LogP contribution in [0.2, 0.25) is 0 Å². The van der Waals surface area contributed by atoms with Crippen LogP contribution in [-0.4, -0.2) is 53.4 Å². The topological polar surface area (TPSA) is 87.3 Å². The number of aromatic amines is 1. The Kier molecular flexibility index (Phi) is 8.97. The number of nitrogens with one attached hydrogen (secondary N) is 2. The van der Waals surface area contributed by atoms with Crippen molar-refractivity contribution in [1.29, 1.82) is 0 Å². The Morgan fingerprint density at radius 2 is 1.93 bits per heavy atom. The average Bonchev–Trinajstić information content (AvgIpc) is 3.24. The fourth-order valence-corrected chi connectivity index (χ4v) is 2.57. The quantitative estimate of drug-likeness (QED) is 0.577. The van der Waals surface area contributed by atoms with E-state index in [0.717, 1.165) is 11.1 Å². The van der Waals surface area contributed by atoms with Gasteiger partial charge in [0, 0.05) is 25.8 Å². The van der Waals surface area contributed by atoms with Gasteiger partial charge in [0.2, 0.25) is 0 Å². The van der Waals surface area contributed by atoms with Gasteiger partial charge in [-0.1, -0.05) is 29.8 Å². The van der Waals surface area contributed by atoms with Crippen LogP contribution in [0.25, 0.3) is 0 Å². The summed E-state index contributed by atoms with van der Waals surface area (Å²) in [6, 6.07) is 7.75. The van der Waals surface area contributed by atoms with Crippen LogP contribution in [0.3, 0.4) is 0 Å². The third-order valence-corrected chi connectivity index (χ3v) is 4.20. The molecule has 0 radical (unpaired) electrons. The molecule has 0 bridgehead atoms. The number of carbonyl (C=O) groups excluding carboxylic acids is 2. The number of alkyl halides is 1. The lowest BCUT2D eigenvalue weighted by molar-refractivity contribution is 0.0924. The zero-order chi connectivity index (χ0) is 20.2. The number of nitrogens with zero attached hydrogens (tertiary/aromatic N) is 2. The Balaban J connectivity index is 1.71. The predicted octanol–water partition coefficient (Wildman–Crippen LogP) is 3.23. The Bertz CT molecular complexity index is 720. The van der Waals surface area contributed by atoms with Gasteiger partial charge in [0.1, 0.15) is 6.61 Å². The lowest BCUT2D eigenvalue weighted by atomic mass is 10.2. The molecule has 1 aromatic carbocycles. The summed E-state index contributed by atoms with van der Waals surface area (Å²) in [4.78, 5) is 25.6.